The third-order valence-electron chi connectivity index (χ3n) is 2.78. The molecule has 0 radical (unpaired) electrons. The topological polar surface area (TPSA) is 59.6 Å². The highest BCUT2D eigenvalue weighted by atomic mass is 35.5. The molecule has 0 heterocycles. The first-order valence-corrected chi connectivity index (χ1v) is 7.03. The molecule has 0 atom stereocenters. The van der Waals surface area contributed by atoms with Crippen LogP contribution in [0, 0.1) is 6.92 Å². The number of guanidine groups is 1. The number of hydrogen-bond donors (Lipinski definition) is 2. The van der Waals surface area contributed by atoms with E-state index in [1.807, 2.05) is 43.3 Å². The number of nitrogens with zero attached hydrogens (tertiary/aromatic N) is 1. The van der Waals surface area contributed by atoms with E-state index in [1.165, 1.54) is 5.56 Å². The van der Waals surface area contributed by atoms with Gasteiger partial charge in [0, 0.05) is 10.7 Å². The average Bonchev–Trinajstić information content (AvgIpc) is 2.48. The third kappa shape index (κ3) is 5.36. The summed E-state index contributed by atoms with van der Waals surface area (Å²) in [4.78, 5) is 4.21. The number of ether oxygens (including phenoxy) is 1. The summed E-state index contributed by atoms with van der Waals surface area (Å²) in [6.07, 6.45) is 0. The fourth-order valence-corrected chi connectivity index (χ4v) is 1.81. The van der Waals surface area contributed by atoms with Gasteiger partial charge in [0.05, 0.1) is 6.54 Å². The predicted molar refractivity (Wildman–Crippen MR) is 88.2 cm³/mol. The van der Waals surface area contributed by atoms with Gasteiger partial charge in [-0.2, -0.15) is 0 Å². The molecule has 2 aromatic carbocycles. The zero-order valence-corrected chi connectivity index (χ0v) is 12.6. The Kier molecular flexibility index (Phi) is 5.46. The lowest BCUT2D eigenvalue weighted by atomic mass is 10.2. The zero-order valence-electron chi connectivity index (χ0n) is 11.8. The molecule has 0 fully saturated rings. The van der Waals surface area contributed by atoms with Crippen LogP contribution in [0.2, 0.25) is 5.02 Å². The predicted octanol–water partition coefficient (Wildman–Crippen LogP) is 3.45. The van der Waals surface area contributed by atoms with Crippen molar-refractivity contribution in [1.29, 1.82) is 0 Å². The summed E-state index contributed by atoms with van der Waals surface area (Å²) in [5.41, 5.74) is 7.93. The minimum atomic E-state index is 0.374. The normalized spacial score (nSPS) is 11.2. The number of halogens is 1. The molecular weight excluding hydrogens is 286 g/mol. The number of rotatable bonds is 5. The van der Waals surface area contributed by atoms with Crippen LogP contribution in [0.15, 0.2) is 53.5 Å². The van der Waals surface area contributed by atoms with Crippen LogP contribution in [0.3, 0.4) is 0 Å². The van der Waals surface area contributed by atoms with Gasteiger partial charge in [-0.3, -0.25) is 0 Å². The molecule has 0 saturated heterocycles. The van der Waals surface area contributed by atoms with Crippen molar-refractivity contribution in [3.05, 3.63) is 59.1 Å². The van der Waals surface area contributed by atoms with Crippen LogP contribution >= 0.6 is 11.6 Å². The van der Waals surface area contributed by atoms with Crippen LogP contribution in [-0.4, -0.2) is 19.1 Å². The summed E-state index contributed by atoms with van der Waals surface area (Å²) in [6.45, 7) is 2.97. The van der Waals surface area contributed by atoms with Gasteiger partial charge in [-0.1, -0.05) is 29.3 Å². The maximum Gasteiger partial charge on any atom is 0.193 e. The SMILES string of the molecule is Cc1ccc(NC(N)=NCCOc2ccc(Cl)cc2)cc1. The molecule has 0 bridgehead atoms. The van der Waals surface area contributed by atoms with Crippen molar-refractivity contribution in [1.82, 2.24) is 0 Å². The van der Waals surface area contributed by atoms with E-state index in [1.54, 1.807) is 12.1 Å². The number of aliphatic imine (C=N–C) groups is 1. The first-order chi connectivity index (χ1) is 10.1. The van der Waals surface area contributed by atoms with E-state index in [0.717, 1.165) is 11.4 Å². The van der Waals surface area contributed by atoms with E-state index in [0.29, 0.717) is 24.1 Å². The molecule has 0 unspecified atom stereocenters. The summed E-state index contributed by atoms with van der Waals surface area (Å²) < 4.78 is 5.53. The van der Waals surface area contributed by atoms with Crippen LogP contribution < -0.4 is 15.8 Å². The molecule has 2 aromatic rings. The van der Waals surface area contributed by atoms with Crippen molar-refractivity contribution >= 4 is 23.2 Å². The lowest BCUT2D eigenvalue weighted by Crippen LogP contribution is -2.23. The molecule has 0 aliphatic rings. The van der Waals surface area contributed by atoms with Crippen molar-refractivity contribution in [2.24, 2.45) is 10.7 Å². The molecule has 0 spiro atoms. The van der Waals surface area contributed by atoms with E-state index < -0.39 is 0 Å². The minimum absolute atomic E-state index is 0.374. The second kappa shape index (κ2) is 7.55. The second-order valence-corrected chi connectivity index (χ2v) is 5.00. The maximum atomic E-state index is 5.81. The van der Waals surface area contributed by atoms with Crippen LogP contribution in [0.4, 0.5) is 5.69 Å². The lowest BCUT2D eigenvalue weighted by molar-refractivity contribution is 0.329. The highest BCUT2D eigenvalue weighted by Gasteiger charge is 1.96. The van der Waals surface area contributed by atoms with Gasteiger partial charge in [0.1, 0.15) is 12.4 Å². The smallest absolute Gasteiger partial charge is 0.193 e. The van der Waals surface area contributed by atoms with E-state index in [9.17, 15) is 0 Å². The van der Waals surface area contributed by atoms with E-state index in [2.05, 4.69) is 10.3 Å². The standard InChI is InChI=1S/C16H18ClN3O/c1-12-2-6-14(7-3-12)20-16(18)19-10-11-21-15-8-4-13(17)5-9-15/h2-9H,10-11H2,1H3,(H3,18,19,20). The molecule has 0 saturated carbocycles. The fraction of sp³-hybridized carbons (Fsp3) is 0.188. The Morgan fingerprint density at radius 1 is 1.14 bits per heavy atom. The van der Waals surface area contributed by atoms with Crippen molar-refractivity contribution in [3.8, 4) is 5.75 Å². The zero-order chi connectivity index (χ0) is 15.1. The Balaban J connectivity index is 1.75. The highest BCUT2D eigenvalue weighted by Crippen LogP contribution is 2.15. The fourth-order valence-electron chi connectivity index (χ4n) is 1.68. The van der Waals surface area contributed by atoms with Crippen LogP contribution in [0.25, 0.3) is 0 Å². The molecule has 0 amide bonds. The van der Waals surface area contributed by atoms with Gasteiger partial charge >= 0.3 is 0 Å². The first kappa shape index (κ1) is 15.2. The van der Waals surface area contributed by atoms with Crippen LogP contribution in [-0.2, 0) is 0 Å². The quantitative estimate of drug-likeness (QED) is 0.505. The highest BCUT2D eigenvalue weighted by molar-refractivity contribution is 6.30. The molecule has 2 rings (SSSR count). The van der Waals surface area contributed by atoms with Gasteiger partial charge < -0.3 is 15.8 Å². The van der Waals surface area contributed by atoms with Gasteiger partial charge in [-0.25, -0.2) is 4.99 Å². The monoisotopic (exact) mass is 303 g/mol. The number of aryl methyl sites for hydroxylation is 1. The molecule has 0 aliphatic heterocycles. The molecule has 4 nitrogen and oxygen atoms in total. The Morgan fingerprint density at radius 3 is 2.48 bits per heavy atom. The largest absolute Gasteiger partial charge is 0.492 e. The second-order valence-electron chi connectivity index (χ2n) is 4.56. The van der Waals surface area contributed by atoms with Crippen molar-refractivity contribution in [2.45, 2.75) is 6.92 Å². The molecule has 0 aromatic heterocycles. The number of anilines is 1. The number of nitrogens with two attached hydrogens (primary N) is 1. The lowest BCUT2D eigenvalue weighted by Gasteiger charge is -2.07. The van der Waals surface area contributed by atoms with Gasteiger partial charge in [0.15, 0.2) is 5.96 Å². The van der Waals surface area contributed by atoms with Crippen molar-refractivity contribution in [3.63, 3.8) is 0 Å². The molecule has 0 aliphatic carbocycles. The number of nitrogens with one attached hydrogen (secondary N) is 1. The molecule has 21 heavy (non-hydrogen) atoms. The average molecular weight is 304 g/mol. The summed E-state index contributed by atoms with van der Waals surface area (Å²) in [6, 6.07) is 15.2. The number of hydrogen-bond acceptors (Lipinski definition) is 2. The van der Waals surface area contributed by atoms with Crippen LogP contribution in [0.1, 0.15) is 5.56 Å². The van der Waals surface area contributed by atoms with Crippen molar-refractivity contribution in [2.75, 3.05) is 18.5 Å². The van der Waals surface area contributed by atoms with Crippen LogP contribution in [0.5, 0.6) is 5.75 Å². The molecule has 5 heteroatoms. The first-order valence-electron chi connectivity index (χ1n) is 6.65. The van der Waals surface area contributed by atoms with Gasteiger partial charge in [0.25, 0.3) is 0 Å². The van der Waals surface area contributed by atoms with E-state index >= 15 is 0 Å². The Hall–Kier alpha value is -2.20. The Morgan fingerprint density at radius 2 is 1.81 bits per heavy atom. The van der Waals surface area contributed by atoms with Gasteiger partial charge in [0.2, 0.25) is 0 Å². The molecule has 3 N–H and O–H groups in total. The molecule has 110 valence electrons. The maximum absolute atomic E-state index is 5.81. The van der Waals surface area contributed by atoms with Crippen molar-refractivity contribution < 1.29 is 4.74 Å². The third-order valence-corrected chi connectivity index (χ3v) is 3.03. The molecular formula is C16H18ClN3O. The van der Waals surface area contributed by atoms with Gasteiger partial charge in [-0.15, -0.1) is 0 Å². The summed E-state index contributed by atoms with van der Waals surface area (Å²) in [5.74, 6) is 1.14. The minimum Gasteiger partial charge on any atom is -0.492 e. The Bertz CT molecular complexity index is 594. The van der Waals surface area contributed by atoms with E-state index in [-0.39, 0.29) is 0 Å². The number of benzene rings is 2. The summed E-state index contributed by atoms with van der Waals surface area (Å²) >= 11 is 5.80. The Labute approximate surface area is 129 Å². The summed E-state index contributed by atoms with van der Waals surface area (Å²) in [7, 11) is 0. The summed E-state index contributed by atoms with van der Waals surface area (Å²) in [5, 5.41) is 3.72. The van der Waals surface area contributed by atoms with Gasteiger partial charge in [-0.05, 0) is 43.3 Å². The van der Waals surface area contributed by atoms with E-state index in [4.69, 9.17) is 22.1 Å².